The topological polar surface area (TPSA) is 175 Å². The molecule has 0 amide bonds. The molecule has 9 nitrogen and oxygen atoms in total. The third kappa shape index (κ3) is 4.55. The van der Waals surface area contributed by atoms with Gasteiger partial charge in [-0.15, -0.1) is 0 Å². The van der Waals surface area contributed by atoms with E-state index in [1.165, 1.54) is 30.3 Å². The van der Waals surface area contributed by atoms with Gasteiger partial charge in [0.05, 0.1) is 0 Å². The van der Waals surface area contributed by atoms with Crippen LogP contribution in [0.5, 0.6) is 46.0 Å². The van der Waals surface area contributed by atoms with Crippen molar-refractivity contribution < 1.29 is 45.3 Å². The molecule has 0 bridgehead atoms. The highest BCUT2D eigenvalue weighted by Crippen LogP contribution is 2.68. The summed E-state index contributed by atoms with van der Waals surface area (Å²) in [6, 6.07) is 28.6. The van der Waals surface area contributed by atoms with Crippen LogP contribution in [0.3, 0.4) is 0 Å². The maximum Gasteiger partial charge on any atom is 0.143 e. The maximum absolute atomic E-state index is 12.1. The number of furan rings is 1. The molecular formula is C42H30O9. The highest BCUT2D eigenvalue weighted by molar-refractivity contribution is 6.08. The van der Waals surface area contributed by atoms with Gasteiger partial charge in [0.1, 0.15) is 57.3 Å². The lowest BCUT2D eigenvalue weighted by Gasteiger charge is -2.34. The van der Waals surface area contributed by atoms with Crippen LogP contribution in [0, 0.1) is 0 Å². The number of rotatable bonds is 4. The van der Waals surface area contributed by atoms with Gasteiger partial charge < -0.3 is 45.3 Å². The summed E-state index contributed by atoms with van der Waals surface area (Å²) in [6.45, 7) is 0. The fourth-order valence-electron chi connectivity index (χ4n) is 8.64. The second-order valence-corrected chi connectivity index (χ2v) is 13.3. The van der Waals surface area contributed by atoms with Crippen molar-refractivity contribution in [2.24, 2.45) is 0 Å². The predicted octanol–water partition coefficient (Wildman–Crippen LogP) is 8.57. The van der Waals surface area contributed by atoms with Crippen LogP contribution in [0.2, 0.25) is 0 Å². The summed E-state index contributed by atoms with van der Waals surface area (Å²) in [4.78, 5) is 0. The van der Waals surface area contributed by atoms with Crippen LogP contribution in [-0.4, -0.2) is 40.9 Å². The molecule has 2 aliphatic rings. The number of phenols is 8. The third-order valence-corrected chi connectivity index (χ3v) is 10.5. The smallest absolute Gasteiger partial charge is 0.143 e. The minimum Gasteiger partial charge on any atom is -0.508 e. The summed E-state index contributed by atoms with van der Waals surface area (Å²) in [5.41, 5.74) is 5.70. The first kappa shape index (κ1) is 30.3. The van der Waals surface area contributed by atoms with Crippen LogP contribution < -0.4 is 0 Å². The molecule has 0 aliphatic heterocycles. The molecule has 0 spiro atoms. The van der Waals surface area contributed by atoms with Crippen molar-refractivity contribution in [2.45, 2.75) is 23.7 Å². The molecule has 0 radical (unpaired) electrons. The molecule has 1 aromatic heterocycles. The molecule has 9 rings (SSSR count). The van der Waals surface area contributed by atoms with Crippen LogP contribution in [0.25, 0.3) is 33.4 Å². The van der Waals surface area contributed by atoms with E-state index in [2.05, 4.69) is 0 Å². The van der Waals surface area contributed by atoms with Gasteiger partial charge in [-0.3, -0.25) is 0 Å². The van der Waals surface area contributed by atoms with E-state index in [9.17, 15) is 40.9 Å². The normalized spacial score (nSPS) is 18.8. The Bertz CT molecular complexity index is 2500. The molecule has 1 heterocycles. The SMILES string of the molecule is Oc1ccc(-c2oc3cc(O)c4c5c3c2-c2cc(O)cc(O)c2C(c2ccc(O)cc2)C5C(c2ccc(O)cc2)C4c2cc(O)cc(O)c2)cc1. The number of benzene rings is 6. The monoisotopic (exact) mass is 678 g/mol. The summed E-state index contributed by atoms with van der Waals surface area (Å²) in [7, 11) is 0. The van der Waals surface area contributed by atoms with E-state index >= 15 is 0 Å². The van der Waals surface area contributed by atoms with E-state index in [1.807, 2.05) is 0 Å². The van der Waals surface area contributed by atoms with Crippen molar-refractivity contribution in [2.75, 3.05) is 0 Å². The lowest BCUT2D eigenvalue weighted by Crippen LogP contribution is -2.19. The Morgan fingerprint density at radius 1 is 0.412 bits per heavy atom. The van der Waals surface area contributed by atoms with Gasteiger partial charge in [-0.2, -0.15) is 0 Å². The minimum absolute atomic E-state index is 0.0443. The Morgan fingerprint density at radius 2 is 0.941 bits per heavy atom. The average Bonchev–Trinajstić information content (AvgIpc) is 3.60. The number of hydrogen-bond acceptors (Lipinski definition) is 9. The fraction of sp³-hybridized carbons (Fsp3) is 0.0952. The molecule has 6 aromatic carbocycles. The Hall–Kier alpha value is -6.74. The second kappa shape index (κ2) is 10.9. The Labute approximate surface area is 290 Å². The summed E-state index contributed by atoms with van der Waals surface area (Å²) in [5, 5.41) is 88.0. The van der Waals surface area contributed by atoms with Crippen molar-refractivity contribution in [3.8, 4) is 68.4 Å². The molecule has 8 N–H and O–H groups in total. The van der Waals surface area contributed by atoms with Crippen molar-refractivity contribution in [1.82, 2.24) is 0 Å². The van der Waals surface area contributed by atoms with Gasteiger partial charge in [-0.05, 0) is 94.5 Å². The summed E-state index contributed by atoms with van der Waals surface area (Å²) < 4.78 is 6.58. The van der Waals surface area contributed by atoms with Gasteiger partial charge in [0.2, 0.25) is 0 Å². The first-order valence-corrected chi connectivity index (χ1v) is 16.4. The van der Waals surface area contributed by atoms with E-state index < -0.39 is 23.7 Å². The number of aromatic hydroxyl groups is 8. The summed E-state index contributed by atoms with van der Waals surface area (Å²) in [6.07, 6.45) is 0. The lowest BCUT2D eigenvalue weighted by atomic mass is 9.69. The zero-order valence-corrected chi connectivity index (χ0v) is 26.7. The van der Waals surface area contributed by atoms with E-state index in [0.29, 0.717) is 55.7 Å². The number of phenolic OH excluding ortho intramolecular Hbond substituents is 8. The molecule has 0 saturated carbocycles. The molecule has 4 unspecified atom stereocenters. The van der Waals surface area contributed by atoms with Crippen molar-refractivity contribution >= 4 is 11.0 Å². The van der Waals surface area contributed by atoms with Crippen molar-refractivity contribution in [3.05, 3.63) is 143 Å². The van der Waals surface area contributed by atoms with Gasteiger partial charge >= 0.3 is 0 Å². The van der Waals surface area contributed by atoms with Crippen LogP contribution in [0.4, 0.5) is 0 Å². The Morgan fingerprint density at radius 3 is 1.57 bits per heavy atom. The molecule has 4 atom stereocenters. The number of fused-ring (bicyclic) bond motifs is 2. The van der Waals surface area contributed by atoms with Crippen molar-refractivity contribution in [1.29, 1.82) is 0 Å². The van der Waals surface area contributed by atoms with E-state index in [4.69, 9.17) is 4.42 Å². The standard InChI is InChI=1S/C42H30O9/c43-23-7-1-19(2-8-23)33-35(22-13-26(46)15-27(47)14-22)38-31(50)18-32-39-37(42(51-32)21-5-11-25(45)12-6-21)29-16-28(48)17-30(49)36(29)34(40(33)41(38)39)20-3-9-24(44)10-4-20/h1-18,33-35,40,43-50H. The molecule has 0 saturated heterocycles. The van der Waals surface area contributed by atoms with Gasteiger partial charge in [0, 0.05) is 69.5 Å². The van der Waals surface area contributed by atoms with Gasteiger partial charge in [-0.1, -0.05) is 24.3 Å². The summed E-state index contributed by atoms with van der Waals surface area (Å²) >= 11 is 0. The van der Waals surface area contributed by atoms with Crippen molar-refractivity contribution in [3.63, 3.8) is 0 Å². The first-order chi connectivity index (χ1) is 24.6. The van der Waals surface area contributed by atoms with Crippen LogP contribution in [0.1, 0.15) is 57.1 Å². The zero-order chi connectivity index (χ0) is 35.3. The summed E-state index contributed by atoms with van der Waals surface area (Å²) in [5.74, 6) is -2.72. The highest BCUT2D eigenvalue weighted by Gasteiger charge is 2.52. The quantitative estimate of drug-likeness (QED) is 0.0907. The largest absolute Gasteiger partial charge is 0.508 e. The lowest BCUT2D eigenvalue weighted by molar-refractivity contribution is 0.429. The first-order valence-electron chi connectivity index (χ1n) is 16.4. The van der Waals surface area contributed by atoms with Crippen LogP contribution in [0.15, 0.2) is 114 Å². The Balaban J connectivity index is 1.49. The molecule has 7 aromatic rings. The fourth-order valence-corrected chi connectivity index (χ4v) is 8.64. The molecular weight excluding hydrogens is 648 g/mol. The predicted molar refractivity (Wildman–Crippen MR) is 189 cm³/mol. The maximum atomic E-state index is 12.1. The van der Waals surface area contributed by atoms with E-state index in [0.717, 1.165) is 11.1 Å². The van der Waals surface area contributed by atoms with Crippen LogP contribution in [-0.2, 0) is 0 Å². The minimum atomic E-state index is -0.669. The molecule has 9 heteroatoms. The molecule has 252 valence electrons. The highest BCUT2D eigenvalue weighted by atomic mass is 16.3. The molecule has 51 heavy (non-hydrogen) atoms. The molecule has 0 fully saturated rings. The second-order valence-electron chi connectivity index (χ2n) is 13.3. The van der Waals surface area contributed by atoms with E-state index in [1.54, 1.807) is 78.9 Å². The average molecular weight is 679 g/mol. The zero-order valence-electron chi connectivity index (χ0n) is 26.7. The van der Waals surface area contributed by atoms with Crippen LogP contribution >= 0.6 is 0 Å². The van der Waals surface area contributed by atoms with Gasteiger partial charge in [0.15, 0.2) is 0 Å². The van der Waals surface area contributed by atoms with Gasteiger partial charge in [-0.25, -0.2) is 0 Å². The molecule has 2 aliphatic carbocycles. The van der Waals surface area contributed by atoms with Gasteiger partial charge in [0.25, 0.3) is 0 Å². The Kier molecular flexibility index (Phi) is 6.47. The van der Waals surface area contributed by atoms with E-state index in [-0.39, 0.29) is 46.0 Å². The number of hydrogen-bond donors (Lipinski definition) is 8. The third-order valence-electron chi connectivity index (χ3n) is 10.5.